The Labute approximate surface area is 142 Å². The van der Waals surface area contributed by atoms with Crippen molar-refractivity contribution in [3.05, 3.63) is 51.5 Å². The molecule has 3 rings (SSSR count). The van der Waals surface area contributed by atoms with Gasteiger partial charge in [-0.2, -0.15) is 0 Å². The van der Waals surface area contributed by atoms with Crippen LogP contribution in [0.3, 0.4) is 0 Å². The van der Waals surface area contributed by atoms with Gasteiger partial charge in [0.25, 0.3) is 5.91 Å². The van der Waals surface area contributed by atoms with Crippen LogP contribution in [0.1, 0.15) is 28.3 Å². The number of carbonyl (C=O) groups excluding carboxylic acids is 1. The van der Waals surface area contributed by atoms with Crippen molar-refractivity contribution in [1.29, 1.82) is 0 Å². The van der Waals surface area contributed by atoms with E-state index >= 15 is 0 Å². The van der Waals surface area contributed by atoms with Gasteiger partial charge in [-0.25, -0.2) is 9.97 Å². The van der Waals surface area contributed by atoms with Crippen LogP contribution in [0, 0.1) is 0 Å². The van der Waals surface area contributed by atoms with E-state index in [9.17, 15) is 4.79 Å². The first-order valence-corrected chi connectivity index (χ1v) is 9.16. The Hall–Kier alpha value is -2.12. The molecule has 0 spiro atoms. The number of aryl methyl sites for hydroxylation is 1. The summed E-state index contributed by atoms with van der Waals surface area (Å²) >= 11 is 3.10. The summed E-state index contributed by atoms with van der Waals surface area (Å²) in [7, 11) is 0. The third kappa shape index (κ3) is 4.43. The van der Waals surface area contributed by atoms with Gasteiger partial charge in [-0.3, -0.25) is 9.78 Å². The molecule has 0 atom stereocenters. The maximum atomic E-state index is 11.7. The van der Waals surface area contributed by atoms with E-state index in [1.54, 1.807) is 28.4 Å². The summed E-state index contributed by atoms with van der Waals surface area (Å²) in [6.45, 7) is 0.664. The predicted octanol–water partition coefficient (Wildman–Crippen LogP) is 3.41. The highest BCUT2D eigenvalue weighted by atomic mass is 32.1. The first kappa shape index (κ1) is 15.8. The molecule has 5 nitrogen and oxygen atoms in total. The molecule has 0 aliphatic heterocycles. The number of thiazole rings is 2. The zero-order valence-electron chi connectivity index (χ0n) is 12.4. The summed E-state index contributed by atoms with van der Waals surface area (Å²) in [4.78, 5) is 24.5. The van der Waals surface area contributed by atoms with Crippen molar-refractivity contribution >= 4 is 28.6 Å². The molecular weight excluding hydrogens is 328 g/mol. The molecule has 7 heteroatoms. The Kier molecular flexibility index (Phi) is 5.44. The van der Waals surface area contributed by atoms with Gasteiger partial charge in [0.2, 0.25) is 0 Å². The average molecular weight is 344 g/mol. The number of rotatable bonds is 7. The summed E-state index contributed by atoms with van der Waals surface area (Å²) in [5, 5.41) is 7.82. The Balaban J connectivity index is 1.40. The quantitative estimate of drug-likeness (QED) is 0.667. The number of hydrogen-bond donors (Lipinski definition) is 1. The fourth-order valence-electron chi connectivity index (χ4n) is 2.09. The van der Waals surface area contributed by atoms with E-state index in [4.69, 9.17) is 0 Å². The SMILES string of the molecule is O=C(NCCCCc1nc(-c2cccnc2)cs1)c1cscn1. The van der Waals surface area contributed by atoms with Crippen molar-refractivity contribution in [2.75, 3.05) is 6.54 Å². The molecule has 0 saturated heterocycles. The predicted molar refractivity (Wildman–Crippen MR) is 92.7 cm³/mol. The normalized spacial score (nSPS) is 10.6. The zero-order chi connectivity index (χ0) is 15.9. The van der Waals surface area contributed by atoms with Crippen molar-refractivity contribution in [2.45, 2.75) is 19.3 Å². The average Bonchev–Trinajstić information content (AvgIpc) is 3.27. The third-order valence-corrected chi connectivity index (χ3v) is 4.77. The van der Waals surface area contributed by atoms with Crippen LogP contribution in [0.25, 0.3) is 11.3 Å². The van der Waals surface area contributed by atoms with Crippen LogP contribution in [0.15, 0.2) is 40.8 Å². The number of unbranched alkanes of at least 4 members (excludes halogenated alkanes) is 1. The number of amides is 1. The van der Waals surface area contributed by atoms with Gasteiger partial charge in [0.05, 0.1) is 16.2 Å². The van der Waals surface area contributed by atoms with Crippen molar-refractivity contribution in [3.63, 3.8) is 0 Å². The number of hydrogen-bond acceptors (Lipinski definition) is 6. The maximum absolute atomic E-state index is 11.7. The summed E-state index contributed by atoms with van der Waals surface area (Å²) < 4.78 is 0. The summed E-state index contributed by atoms with van der Waals surface area (Å²) in [6, 6.07) is 3.93. The van der Waals surface area contributed by atoms with Gasteiger partial charge in [0, 0.05) is 35.3 Å². The third-order valence-electron chi connectivity index (χ3n) is 3.28. The Morgan fingerprint density at radius 1 is 1.26 bits per heavy atom. The van der Waals surface area contributed by atoms with E-state index in [-0.39, 0.29) is 5.91 Å². The van der Waals surface area contributed by atoms with E-state index in [1.807, 2.05) is 18.3 Å². The summed E-state index contributed by atoms with van der Waals surface area (Å²) in [5.41, 5.74) is 4.19. The van der Waals surface area contributed by atoms with E-state index in [0.29, 0.717) is 12.2 Å². The summed E-state index contributed by atoms with van der Waals surface area (Å²) in [5.74, 6) is -0.0978. The molecule has 1 N–H and O–H groups in total. The van der Waals surface area contributed by atoms with Gasteiger partial charge in [-0.1, -0.05) is 0 Å². The minimum Gasteiger partial charge on any atom is -0.351 e. The van der Waals surface area contributed by atoms with Gasteiger partial charge < -0.3 is 5.32 Å². The lowest BCUT2D eigenvalue weighted by atomic mass is 10.2. The molecule has 23 heavy (non-hydrogen) atoms. The van der Waals surface area contributed by atoms with Crippen LogP contribution in [0.5, 0.6) is 0 Å². The number of nitrogens with zero attached hydrogens (tertiary/aromatic N) is 3. The highest BCUT2D eigenvalue weighted by Gasteiger charge is 2.07. The second-order valence-corrected chi connectivity index (χ2v) is 6.62. The lowest BCUT2D eigenvalue weighted by Crippen LogP contribution is -2.24. The number of aromatic nitrogens is 3. The molecule has 118 valence electrons. The minimum atomic E-state index is -0.0978. The van der Waals surface area contributed by atoms with Gasteiger partial charge in [-0.05, 0) is 31.4 Å². The number of carbonyl (C=O) groups is 1. The maximum Gasteiger partial charge on any atom is 0.270 e. The van der Waals surface area contributed by atoms with Crippen LogP contribution in [0.2, 0.25) is 0 Å². The van der Waals surface area contributed by atoms with Crippen LogP contribution in [0.4, 0.5) is 0 Å². The second-order valence-electron chi connectivity index (χ2n) is 4.95. The molecule has 3 aromatic rings. The zero-order valence-corrected chi connectivity index (χ0v) is 14.1. The molecule has 0 aliphatic carbocycles. The van der Waals surface area contributed by atoms with Crippen molar-refractivity contribution < 1.29 is 4.79 Å². The molecule has 0 aromatic carbocycles. The van der Waals surface area contributed by atoms with E-state index < -0.39 is 0 Å². The molecule has 1 amide bonds. The molecule has 0 aliphatic rings. The van der Waals surface area contributed by atoms with Crippen molar-refractivity contribution in [2.24, 2.45) is 0 Å². The van der Waals surface area contributed by atoms with Crippen LogP contribution in [-0.2, 0) is 6.42 Å². The number of nitrogens with one attached hydrogen (secondary N) is 1. The lowest BCUT2D eigenvalue weighted by molar-refractivity contribution is 0.0949. The minimum absolute atomic E-state index is 0.0978. The topological polar surface area (TPSA) is 67.8 Å². The van der Waals surface area contributed by atoms with Gasteiger partial charge in [0.15, 0.2) is 0 Å². The highest BCUT2D eigenvalue weighted by molar-refractivity contribution is 7.10. The van der Waals surface area contributed by atoms with Crippen molar-refractivity contribution in [3.8, 4) is 11.3 Å². The van der Waals surface area contributed by atoms with Crippen LogP contribution in [-0.4, -0.2) is 27.4 Å². The first-order valence-electron chi connectivity index (χ1n) is 7.34. The molecule has 0 radical (unpaired) electrons. The molecule has 0 unspecified atom stereocenters. The smallest absolute Gasteiger partial charge is 0.270 e. The summed E-state index contributed by atoms with van der Waals surface area (Å²) in [6.07, 6.45) is 6.44. The fourth-order valence-corrected chi connectivity index (χ4v) is 3.47. The van der Waals surface area contributed by atoms with E-state index in [2.05, 4.69) is 25.6 Å². The molecule has 3 heterocycles. The second kappa shape index (κ2) is 7.94. The van der Waals surface area contributed by atoms with Gasteiger partial charge in [-0.15, -0.1) is 22.7 Å². The molecule has 0 fully saturated rings. The van der Waals surface area contributed by atoms with Crippen molar-refractivity contribution in [1.82, 2.24) is 20.3 Å². The van der Waals surface area contributed by atoms with Crippen LogP contribution >= 0.6 is 22.7 Å². The van der Waals surface area contributed by atoms with Gasteiger partial charge >= 0.3 is 0 Å². The number of pyridine rings is 1. The Morgan fingerprint density at radius 2 is 2.22 bits per heavy atom. The van der Waals surface area contributed by atoms with Gasteiger partial charge in [0.1, 0.15) is 5.69 Å². The molecule has 0 bridgehead atoms. The standard InChI is InChI=1S/C16H16N4OS2/c21-16(14-9-22-11-19-14)18-7-2-1-5-15-20-13(10-23-15)12-4-3-6-17-8-12/h3-4,6,8-11H,1-2,5,7H2,(H,18,21). The molecular formula is C16H16N4OS2. The first-order chi connectivity index (χ1) is 11.3. The molecule has 0 saturated carbocycles. The fraction of sp³-hybridized carbons (Fsp3) is 0.250. The Bertz CT molecular complexity index is 741. The monoisotopic (exact) mass is 344 g/mol. The lowest BCUT2D eigenvalue weighted by Gasteiger charge is -2.02. The highest BCUT2D eigenvalue weighted by Crippen LogP contribution is 2.21. The van der Waals surface area contributed by atoms with Crippen LogP contribution < -0.4 is 5.32 Å². The van der Waals surface area contributed by atoms with E-state index in [1.165, 1.54) is 11.3 Å². The van der Waals surface area contributed by atoms with E-state index in [0.717, 1.165) is 35.5 Å². The largest absolute Gasteiger partial charge is 0.351 e. The molecule has 3 aromatic heterocycles. The Morgan fingerprint density at radius 3 is 3.00 bits per heavy atom.